The maximum absolute atomic E-state index is 6.65. The Morgan fingerprint density at radius 2 is 1.85 bits per heavy atom. The third kappa shape index (κ3) is 2.53. The van der Waals surface area contributed by atoms with Crippen molar-refractivity contribution in [2.24, 2.45) is 0 Å². The van der Waals surface area contributed by atoms with Gasteiger partial charge in [0.1, 0.15) is 5.75 Å². The van der Waals surface area contributed by atoms with Crippen molar-refractivity contribution in [2.45, 2.75) is 24.6 Å². The minimum atomic E-state index is -0.241. The number of ether oxygens (including phenoxy) is 1. The number of halogens is 2. The molecular weight excluding hydrogens is 291 g/mol. The lowest BCUT2D eigenvalue weighted by Gasteiger charge is -2.16. The number of alkyl halides is 1. The molecule has 1 unspecified atom stereocenters. The molecule has 0 amide bonds. The lowest BCUT2D eigenvalue weighted by Crippen LogP contribution is -1.98. The van der Waals surface area contributed by atoms with Crippen LogP contribution in [-0.4, -0.2) is 7.11 Å². The first-order valence-electron chi connectivity index (χ1n) is 6.78. The molecule has 0 bridgehead atoms. The Labute approximate surface area is 129 Å². The normalized spacial score (nSPS) is 14.9. The fraction of sp³-hybridized carbons (Fsp3) is 0.294. The van der Waals surface area contributed by atoms with Crippen LogP contribution in [0.15, 0.2) is 36.4 Å². The van der Waals surface area contributed by atoms with Crippen LogP contribution in [0.2, 0.25) is 5.02 Å². The van der Waals surface area contributed by atoms with Crippen molar-refractivity contribution in [3.05, 3.63) is 63.7 Å². The zero-order valence-electron chi connectivity index (χ0n) is 11.3. The molecular formula is C17H16Cl2O. The minimum Gasteiger partial charge on any atom is -0.496 e. The largest absolute Gasteiger partial charge is 0.496 e. The van der Waals surface area contributed by atoms with Crippen molar-refractivity contribution in [3.63, 3.8) is 0 Å². The molecule has 1 nitrogen and oxygen atoms in total. The Hall–Kier alpha value is -1.18. The fourth-order valence-corrected chi connectivity index (χ4v) is 3.32. The van der Waals surface area contributed by atoms with Crippen LogP contribution >= 0.6 is 23.2 Å². The summed E-state index contributed by atoms with van der Waals surface area (Å²) in [5, 5.41) is 0.433. The zero-order chi connectivity index (χ0) is 14.1. The molecule has 0 saturated carbocycles. The summed E-state index contributed by atoms with van der Waals surface area (Å²) < 4.78 is 5.39. The smallest absolute Gasteiger partial charge is 0.123 e. The molecule has 0 radical (unpaired) electrons. The summed E-state index contributed by atoms with van der Waals surface area (Å²) in [6.07, 6.45) is 3.58. The third-order valence-corrected chi connectivity index (χ3v) is 4.60. The van der Waals surface area contributed by atoms with Gasteiger partial charge >= 0.3 is 0 Å². The lowest BCUT2D eigenvalue weighted by atomic mass is 9.99. The second-order valence-corrected chi connectivity index (χ2v) is 6.00. The van der Waals surface area contributed by atoms with Crippen LogP contribution in [0.3, 0.4) is 0 Å². The molecule has 0 N–H and O–H groups in total. The van der Waals surface area contributed by atoms with E-state index >= 15 is 0 Å². The molecule has 1 aliphatic rings. The quantitative estimate of drug-likeness (QED) is 0.711. The maximum Gasteiger partial charge on any atom is 0.123 e. The molecule has 1 aliphatic carbocycles. The van der Waals surface area contributed by atoms with Gasteiger partial charge in [0.2, 0.25) is 0 Å². The molecule has 0 heterocycles. The van der Waals surface area contributed by atoms with Crippen molar-refractivity contribution < 1.29 is 4.74 Å². The highest BCUT2D eigenvalue weighted by Gasteiger charge is 2.19. The zero-order valence-corrected chi connectivity index (χ0v) is 12.8. The first kappa shape index (κ1) is 13.8. The molecule has 0 aliphatic heterocycles. The standard InChI is InChI=1S/C17H16Cl2O/c1-20-16-8-7-14(18)10-15(16)17(19)13-6-5-11-3-2-4-12(11)9-13/h5-10,17H,2-4H2,1H3. The van der Waals surface area contributed by atoms with Crippen molar-refractivity contribution in [2.75, 3.05) is 7.11 Å². The van der Waals surface area contributed by atoms with Gasteiger partial charge in [0, 0.05) is 10.6 Å². The van der Waals surface area contributed by atoms with Gasteiger partial charge < -0.3 is 4.74 Å². The molecule has 0 aromatic heterocycles. The van der Waals surface area contributed by atoms with Crippen molar-refractivity contribution in [3.8, 4) is 5.75 Å². The Kier molecular flexibility index (Phi) is 3.91. The Morgan fingerprint density at radius 3 is 2.65 bits per heavy atom. The van der Waals surface area contributed by atoms with Crippen LogP contribution in [0, 0.1) is 0 Å². The number of methoxy groups -OCH3 is 1. The van der Waals surface area contributed by atoms with E-state index in [2.05, 4.69) is 18.2 Å². The number of fused-ring (bicyclic) bond motifs is 1. The molecule has 104 valence electrons. The van der Waals surface area contributed by atoms with Gasteiger partial charge in [-0.3, -0.25) is 0 Å². The highest BCUT2D eigenvalue weighted by atomic mass is 35.5. The summed E-state index contributed by atoms with van der Waals surface area (Å²) in [4.78, 5) is 0. The predicted octanol–water partition coefficient (Wildman–Crippen LogP) is 5.17. The van der Waals surface area contributed by atoms with Gasteiger partial charge in [-0.25, -0.2) is 0 Å². The monoisotopic (exact) mass is 306 g/mol. The average Bonchev–Trinajstić information content (AvgIpc) is 2.93. The maximum atomic E-state index is 6.65. The molecule has 0 spiro atoms. The average molecular weight is 307 g/mol. The molecule has 20 heavy (non-hydrogen) atoms. The number of hydrogen-bond donors (Lipinski definition) is 0. The van der Waals surface area contributed by atoms with Crippen LogP contribution in [0.5, 0.6) is 5.75 Å². The fourth-order valence-electron chi connectivity index (χ4n) is 2.83. The van der Waals surface area contributed by atoms with Gasteiger partial charge in [-0.05, 0) is 54.2 Å². The van der Waals surface area contributed by atoms with Gasteiger partial charge in [-0.15, -0.1) is 11.6 Å². The molecule has 1 atom stereocenters. The SMILES string of the molecule is COc1ccc(Cl)cc1C(Cl)c1ccc2c(c1)CCC2. The highest BCUT2D eigenvalue weighted by Crippen LogP contribution is 2.38. The number of aryl methyl sites for hydroxylation is 2. The van der Waals surface area contributed by atoms with Gasteiger partial charge in [0.15, 0.2) is 0 Å². The number of rotatable bonds is 3. The molecule has 2 aromatic carbocycles. The summed E-state index contributed by atoms with van der Waals surface area (Å²) in [5.74, 6) is 0.773. The summed E-state index contributed by atoms with van der Waals surface area (Å²) >= 11 is 12.7. The van der Waals surface area contributed by atoms with Crippen molar-refractivity contribution >= 4 is 23.2 Å². The van der Waals surface area contributed by atoms with E-state index in [4.69, 9.17) is 27.9 Å². The number of hydrogen-bond acceptors (Lipinski definition) is 1. The topological polar surface area (TPSA) is 9.23 Å². The van der Waals surface area contributed by atoms with Crippen LogP contribution < -0.4 is 4.74 Å². The Balaban J connectivity index is 2.00. The van der Waals surface area contributed by atoms with E-state index in [0.29, 0.717) is 5.02 Å². The first-order valence-corrected chi connectivity index (χ1v) is 7.59. The summed E-state index contributed by atoms with van der Waals surface area (Å²) in [6.45, 7) is 0. The van der Waals surface area contributed by atoms with Gasteiger partial charge in [0.05, 0.1) is 12.5 Å². The van der Waals surface area contributed by atoms with Crippen LogP contribution in [0.25, 0.3) is 0 Å². The molecule has 2 aromatic rings. The minimum absolute atomic E-state index is 0.241. The lowest BCUT2D eigenvalue weighted by molar-refractivity contribution is 0.410. The predicted molar refractivity (Wildman–Crippen MR) is 84.2 cm³/mol. The van der Waals surface area contributed by atoms with E-state index < -0.39 is 0 Å². The Bertz CT molecular complexity index is 637. The van der Waals surface area contributed by atoms with Gasteiger partial charge in [-0.2, -0.15) is 0 Å². The van der Waals surface area contributed by atoms with E-state index in [1.165, 1.54) is 24.0 Å². The third-order valence-electron chi connectivity index (χ3n) is 3.88. The summed E-state index contributed by atoms with van der Waals surface area (Å²) in [6, 6.07) is 12.1. The van der Waals surface area contributed by atoms with Crippen LogP contribution in [0.4, 0.5) is 0 Å². The summed E-state index contributed by atoms with van der Waals surface area (Å²) in [5.41, 5.74) is 4.90. The molecule has 0 fully saturated rings. The highest BCUT2D eigenvalue weighted by molar-refractivity contribution is 6.31. The molecule has 3 heteroatoms. The second-order valence-electron chi connectivity index (χ2n) is 5.13. The second kappa shape index (κ2) is 5.67. The van der Waals surface area contributed by atoms with Gasteiger partial charge in [-0.1, -0.05) is 29.8 Å². The van der Waals surface area contributed by atoms with E-state index in [0.717, 1.165) is 23.3 Å². The van der Waals surface area contributed by atoms with E-state index in [1.54, 1.807) is 7.11 Å². The van der Waals surface area contributed by atoms with Crippen LogP contribution in [-0.2, 0) is 12.8 Å². The van der Waals surface area contributed by atoms with E-state index in [1.807, 2.05) is 18.2 Å². The van der Waals surface area contributed by atoms with E-state index in [9.17, 15) is 0 Å². The Morgan fingerprint density at radius 1 is 1.05 bits per heavy atom. The molecule has 3 rings (SSSR count). The van der Waals surface area contributed by atoms with Gasteiger partial charge in [0.25, 0.3) is 0 Å². The van der Waals surface area contributed by atoms with E-state index in [-0.39, 0.29) is 5.38 Å². The summed E-state index contributed by atoms with van der Waals surface area (Å²) in [7, 11) is 1.65. The molecule has 0 saturated heterocycles. The number of benzene rings is 2. The van der Waals surface area contributed by atoms with Crippen molar-refractivity contribution in [1.29, 1.82) is 0 Å². The van der Waals surface area contributed by atoms with Crippen LogP contribution in [0.1, 0.15) is 34.1 Å². The first-order chi connectivity index (χ1) is 9.69. The van der Waals surface area contributed by atoms with Crippen molar-refractivity contribution in [1.82, 2.24) is 0 Å².